The van der Waals surface area contributed by atoms with Crippen LogP contribution < -0.4 is 21.5 Å². The van der Waals surface area contributed by atoms with Gasteiger partial charge in [0.1, 0.15) is 5.82 Å². The maximum Gasteiger partial charge on any atom is 0.253 e. The van der Waals surface area contributed by atoms with E-state index in [0.29, 0.717) is 30.6 Å². The van der Waals surface area contributed by atoms with Crippen LogP contribution in [0.5, 0.6) is 0 Å². The maximum atomic E-state index is 14.6. The van der Waals surface area contributed by atoms with Crippen LogP contribution in [0, 0.1) is 5.82 Å². The Bertz CT molecular complexity index is 1390. The van der Waals surface area contributed by atoms with Gasteiger partial charge in [-0.3, -0.25) is 25.4 Å². The number of thioether (sulfide) groups is 1. The molecule has 3 aromatic rings. The summed E-state index contributed by atoms with van der Waals surface area (Å²) in [6.45, 7) is 0. The van der Waals surface area contributed by atoms with Crippen molar-refractivity contribution in [3.63, 3.8) is 0 Å². The molecule has 0 spiro atoms. The van der Waals surface area contributed by atoms with E-state index in [0.717, 1.165) is 16.7 Å². The summed E-state index contributed by atoms with van der Waals surface area (Å²) in [6, 6.07) is 7.52. The fourth-order valence-electron chi connectivity index (χ4n) is 4.42. The number of hydrogen-bond donors (Lipinski definition) is 4. The third-order valence-corrected chi connectivity index (χ3v) is 7.80. The molecule has 2 aromatic heterocycles. The predicted molar refractivity (Wildman–Crippen MR) is 145 cm³/mol. The largest absolute Gasteiger partial charge is 0.350 e. The monoisotopic (exact) mass is 556 g/mol. The highest BCUT2D eigenvalue weighted by Crippen LogP contribution is 2.33. The summed E-state index contributed by atoms with van der Waals surface area (Å²) in [5.41, 5.74) is 9.36. The number of nitrogens with one attached hydrogen (secondary N) is 4. The van der Waals surface area contributed by atoms with Crippen molar-refractivity contribution >= 4 is 57.5 Å². The van der Waals surface area contributed by atoms with Crippen LogP contribution in [0.1, 0.15) is 45.1 Å². The second kappa shape index (κ2) is 11.0. The first-order valence-corrected chi connectivity index (χ1v) is 13.3. The van der Waals surface area contributed by atoms with Gasteiger partial charge in [0.25, 0.3) is 5.91 Å². The number of benzene rings is 1. The number of carbonyl (C=O) groups is 2. The molecule has 5 rings (SSSR count). The number of halogens is 2. The van der Waals surface area contributed by atoms with Crippen molar-refractivity contribution < 1.29 is 14.0 Å². The topological polar surface area (TPSA) is 108 Å². The van der Waals surface area contributed by atoms with E-state index < -0.39 is 18.0 Å². The van der Waals surface area contributed by atoms with Crippen LogP contribution in [0.3, 0.4) is 0 Å². The van der Waals surface area contributed by atoms with Crippen LogP contribution in [0.2, 0.25) is 5.02 Å². The minimum Gasteiger partial charge on any atom is -0.350 e. The lowest BCUT2D eigenvalue weighted by atomic mass is 9.96. The van der Waals surface area contributed by atoms with E-state index in [1.165, 1.54) is 30.1 Å². The van der Waals surface area contributed by atoms with Gasteiger partial charge in [-0.2, -0.15) is 0 Å². The number of hydrazine groups is 1. The van der Waals surface area contributed by atoms with E-state index in [2.05, 4.69) is 31.5 Å². The quantitative estimate of drug-likeness (QED) is 0.276. The summed E-state index contributed by atoms with van der Waals surface area (Å²) in [5, 5.41) is 6.32. The molecule has 0 saturated carbocycles. The van der Waals surface area contributed by atoms with Gasteiger partial charge >= 0.3 is 0 Å². The van der Waals surface area contributed by atoms with Crippen molar-refractivity contribution in [3.05, 3.63) is 87.6 Å². The van der Waals surface area contributed by atoms with Gasteiger partial charge in [0, 0.05) is 29.9 Å². The van der Waals surface area contributed by atoms with Crippen LogP contribution >= 0.6 is 35.6 Å². The Morgan fingerprint density at radius 3 is 2.81 bits per heavy atom. The lowest BCUT2D eigenvalue weighted by Crippen LogP contribution is -2.41. The van der Waals surface area contributed by atoms with Gasteiger partial charge < -0.3 is 10.6 Å². The molecule has 2 unspecified atom stereocenters. The van der Waals surface area contributed by atoms with Gasteiger partial charge in [-0.25, -0.2) is 9.37 Å². The number of aromatic nitrogens is 2. The molecule has 1 aliphatic carbocycles. The van der Waals surface area contributed by atoms with E-state index in [9.17, 15) is 14.0 Å². The minimum atomic E-state index is -0.498. The Labute approximate surface area is 227 Å². The van der Waals surface area contributed by atoms with E-state index in [4.69, 9.17) is 23.8 Å². The average Bonchev–Trinajstić information content (AvgIpc) is 3.22. The number of carbonyl (C=O) groups excluding carboxylic acids is 2. The molecule has 1 fully saturated rings. The first kappa shape index (κ1) is 25.4. The molecule has 3 heterocycles. The number of anilines is 1. The fraction of sp³-hybridized carbons (Fsp3) is 0.240. The molecular formula is C25H22ClFN6O2S2. The zero-order valence-electron chi connectivity index (χ0n) is 19.4. The Morgan fingerprint density at radius 1 is 1.16 bits per heavy atom. The van der Waals surface area contributed by atoms with Gasteiger partial charge in [-0.05, 0) is 66.4 Å². The third kappa shape index (κ3) is 5.53. The first-order valence-electron chi connectivity index (χ1n) is 11.6. The Balaban J connectivity index is 1.27. The molecular weight excluding hydrogens is 535 g/mol. The molecule has 1 saturated heterocycles. The molecule has 190 valence electrons. The zero-order chi connectivity index (χ0) is 25.9. The zero-order valence-corrected chi connectivity index (χ0v) is 21.8. The van der Waals surface area contributed by atoms with Crippen LogP contribution in [-0.4, -0.2) is 37.9 Å². The fourth-order valence-corrected chi connectivity index (χ4v) is 5.74. The molecule has 2 aliphatic rings. The second-order valence-corrected chi connectivity index (χ2v) is 10.5. The number of aryl methyl sites for hydroxylation is 1. The minimum absolute atomic E-state index is 0.0478. The number of fused-ring (bicyclic) bond motifs is 2. The van der Waals surface area contributed by atoms with Gasteiger partial charge in [-0.1, -0.05) is 35.5 Å². The van der Waals surface area contributed by atoms with Crippen molar-refractivity contribution in [3.8, 4) is 0 Å². The van der Waals surface area contributed by atoms with Crippen molar-refractivity contribution in [2.75, 3.05) is 11.2 Å². The van der Waals surface area contributed by atoms with Gasteiger partial charge in [0.2, 0.25) is 5.12 Å². The molecule has 2 atom stereocenters. The van der Waals surface area contributed by atoms with Crippen molar-refractivity contribution in [1.29, 1.82) is 0 Å². The molecule has 0 bridgehead atoms. The van der Waals surface area contributed by atoms with Gasteiger partial charge in [0.15, 0.2) is 10.9 Å². The molecule has 4 N–H and O–H groups in total. The van der Waals surface area contributed by atoms with E-state index in [1.54, 1.807) is 18.5 Å². The number of amides is 1. The Hall–Kier alpha value is -3.28. The number of nitrogens with zero attached hydrogens (tertiary/aromatic N) is 2. The SMILES string of the molecule is O=C(NC1CCSC1=O)c1cnc(NNC(=S)NC2c3cnccc3CCc3c(F)cccc32)c(Cl)c1. The van der Waals surface area contributed by atoms with Crippen molar-refractivity contribution in [1.82, 2.24) is 26.0 Å². The average molecular weight is 557 g/mol. The number of rotatable bonds is 5. The molecule has 1 aromatic carbocycles. The van der Waals surface area contributed by atoms with E-state index in [-0.39, 0.29) is 32.4 Å². The number of hydrogen-bond acceptors (Lipinski definition) is 7. The summed E-state index contributed by atoms with van der Waals surface area (Å²) in [5.74, 6) is 0.273. The second-order valence-electron chi connectivity index (χ2n) is 8.58. The van der Waals surface area contributed by atoms with E-state index in [1.807, 2.05) is 12.1 Å². The van der Waals surface area contributed by atoms with Crippen molar-refractivity contribution in [2.45, 2.75) is 31.3 Å². The Morgan fingerprint density at radius 2 is 2.03 bits per heavy atom. The number of thiocarbonyl (C=S) groups is 1. The highest BCUT2D eigenvalue weighted by molar-refractivity contribution is 8.14. The van der Waals surface area contributed by atoms with Crippen LogP contribution in [0.4, 0.5) is 10.2 Å². The number of pyridine rings is 2. The molecule has 1 amide bonds. The van der Waals surface area contributed by atoms with Gasteiger partial charge in [-0.15, -0.1) is 0 Å². The van der Waals surface area contributed by atoms with Crippen LogP contribution in [-0.2, 0) is 17.6 Å². The van der Waals surface area contributed by atoms with Crippen molar-refractivity contribution in [2.24, 2.45) is 0 Å². The molecule has 37 heavy (non-hydrogen) atoms. The molecule has 1 aliphatic heterocycles. The lowest BCUT2D eigenvalue weighted by molar-refractivity contribution is -0.112. The molecule has 8 nitrogen and oxygen atoms in total. The predicted octanol–water partition coefficient (Wildman–Crippen LogP) is 3.71. The third-order valence-electron chi connectivity index (χ3n) is 6.28. The summed E-state index contributed by atoms with van der Waals surface area (Å²) >= 11 is 13.1. The van der Waals surface area contributed by atoms with Crippen LogP contribution in [0.25, 0.3) is 0 Å². The Kier molecular flexibility index (Phi) is 7.54. The summed E-state index contributed by atoms with van der Waals surface area (Å²) in [4.78, 5) is 32.7. The highest BCUT2D eigenvalue weighted by Gasteiger charge is 2.28. The normalized spacial score (nSPS) is 18.3. The lowest BCUT2D eigenvalue weighted by Gasteiger charge is -2.23. The molecule has 12 heteroatoms. The van der Waals surface area contributed by atoms with Gasteiger partial charge in [0.05, 0.1) is 22.7 Å². The standard InChI is InChI=1S/C25H22ClFN6O2S2/c26-18-10-14(23(34)30-20-7-9-37-24(20)35)11-29-22(18)32-33-25(36)31-21-16-2-1-3-19(27)15(16)5-4-13-6-8-28-12-17(13)21/h1-3,6,8,10-12,20-21H,4-5,7,9H2,(H,29,32)(H,30,34)(H2,31,33,36). The summed E-state index contributed by atoms with van der Waals surface area (Å²) < 4.78 is 14.6. The molecule has 0 radical (unpaired) electrons. The van der Waals surface area contributed by atoms with Crippen LogP contribution in [0.15, 0.2) is 48.9 Å². The summed E-state index contributed by atoms with van der Waals surface area (Å²) in [6.07, 6.45) is 6.72. The first-order chi connectivity index (χ1) is 17.9. The maximum absolute atomic E-state index is 14.6. The summed E-state index contributed by atoms with van der Waals surface area (Å²) in [7, 11) is 0. The highest BCUT2D eigenvalue weighted by atomic mass is 35.5. The smallest absolute Gasteiger partial charge is 0.253 e. The van der Waals surface area contributed by atoms with E-state index >= 15 is 0 Å².